The number of piperidine rings is 1. The normalized spacial score (nSPS) is 27.5. The summed E-state index contributed by atoms with van der Waals surface area (Å²) in [5.74, 6) is -0.0626. The van der Waals surface area contributed by atoms with Crippen molar-refractivity contribution in [1.29, 1.82) is 0 Å². The first-order valence-electron chi connectivity index (χ1n) is 9.04. The maximum atomic E-state index is 12.9. The van der Waals surface area contributed by atoms with Crippen molar-refractivity contribution in [3.8, 4) is 5.75 Å². The second-order valence-electron chi connectivity index (χ2n) is 7.20. The largest absolute Gasteiger partial charge is 0.489 e. The molecule has 1 aromatic rings. The van der Waals surface area contributed by atoms with Crippen LogP contribution in [-0.4, -0.2) is 60.9 Å². The molecule has 2 fully saturated rings. The minimum Gasteiger partial charge on any atom is -0.489 e. The minimum absolute atomic E-state index is 0.164. The molecule has 8 nitrogen and oxygen atoms in total. The number of benzene rings is 1. The van der Waals surface area contributed by atoms with E-state index < -0.39 is 6.04 Å². The Hall–Kier alpha value is -2.61. The summed E-state index contributed by atoms with van der Waals surface area (Å²) >= 11 is 0. The van der Waals surface area contributed by atoms with Crippen LogP contribution >= 0.6 is 0 Å². The van der Waals surface area contributed by atoms with Gasteiger partial charge in [0, 0.05) is 37.2 Å². The Morgan fingerprint density at radius 1 is 1.15 bits per heavy atom. The van der Waals surface area contributed by atoms with E-state index in [0.717, 1.165) is 36.6 Å². The van der Waals surface area contributed by atoms with Crippen LogP contribution in [0.1, 0.15) is 28.8 Å². The van der Waals surface area contributed by atoms with Crippen LogP contribution in [0.5, 0.6) is 5.75 Å². The zero-order valence-corrected chi connectivity index (χ0v) is 14.3. The molecule has 2 saturated heterocycles. The van der Waals surface area contributed by atoms with Crippen LogP contribution in [-0.2, 0) is 16.1 Å². The standard InChI is InChI=1S/C18H20N4O4/c23-15-4-3-14(17(24)20-15)22-8-12-11(18(22)25)1-2-13-16(12)26-9-10-7-19-5-6-21(10)13/h1-2,10,14,19H,3-9H2,(H,20,23,24). The third-order valence-electron chi connectivity index (χ3n) is 5.73. The lowest BCUT2D eigenvalue weighted by Crippen LogP contribution is -2.55. The van der Waals surface area contributed by atoms with Crippen molar-refractivity contribution in [3.05, 3.63) is 23.3 Å². The van der Waals surface area contributed by atoms with E-state index in [2.05, 4.69) is 15.5 Å². The van der Waals surface area contributed by atoms with Crippen LogP contribution in [0.25, 0.3) is 0 Å². The second kappa shape index (κ2) is 5.70. The molecular weight excluding hydrogens is 336 g/mol. The number of carbonyl (C=O) groups is 3. The number of fused-ring (bicyclic) bond motifs is 5. The van der Waals surface area contributed by atoms with Gasteiger partial charge in [0.2, 0.25) is 11.8 Å². The molecule has 3 amide bonds. The first kappa shape index (κ1) is 15.6. The van der Waals surface area contributed by atoms with Gasteiger partial charge in [-0.25, -0.2) is 0 Å². The summed E-state index contributed by atoms with van der Waals surface area (Å²) in [5.41, 5.74) is 2.48. The van der Waals surface area contributed by atoms with Gasteiger partial charge < -0.3 is 19.9 Å². The summed E-state index contributed by atoms with van der Waals surface area (Å²) in [6.45, 7) is 3.65. The second-order valence-corrected chi connectivity index (χ2v) is 7.20. The number of carbonyl (C=O) groups excluding carboxylic acids is 3. The van der Waals surface area contributed by atoms with Crippen LogP contribution in [0.4, 0.5) is 5.69 Å². The highest BCUT2D eigenvalue weighted by Gasteiger charge is 2.42. The van der Waals surface area contributed by atoms with Crippen LogP contribution in [0.3, 0.4) is 0 Å². The molecular formula is C18H20N4O4. The number of anilines is 1. The lowest BCUT2D eigenvalue weighted by molar-refractivity contribution is -0.136. The fourth-order valence-corrected chi connectivity index (χ4v) is 4.39. The number of imide groups is 1. The molecule has 0 aliphatic carbocycles. The molecule has 4 aliphatic heterocycles. The lowest BCUT2D eigenvalue weighted by Gasteiger charge is -2.42. The van der Waals surface area contributed by atoms with Crippen LogP contribution < -0.4 is 20.3 Å². The summed E-state index contributed by atoms with van der Waals surface area (Å²) < 4.78 is 6.05. The zero-order valence-electron chi connectivity index (χ0n) is 14.3. The predicted octanol–water partition coefficient (Wildman–Crippen LogP) is -0.382. The molecule has 2 N–H and O–H groups in total. The highest BCUT2D eigenvalue weighted by molar-refractivity contribution is 6.06. The molecule has 4 heterocycles. The summed E-state index contributed by atoms with van der Waals surface area (Å²) in [6, 6.07) is 3.50. The molecule has 136 valence electrons. The number of ether oxygens (including phenoxy) is 1. The van der Waals surface area contributed by atoms with E-state index >= 15 is 0 Å². The van der Waals surface area contributed by atoms with Gasteiger partial charge in [-0.2, -0.15) is 0 Å². The minimum atomic E-state index is -0.598. The Morgan fingerprint density at radius 3 is 2.88 bits per heavy atom. The summed E-state index contributed by atoms with van der Waals surface area (Å²) in [5, 5.41) is 5.71. The third-order valence-corrected chi connectivity index (χ3v) is 5.73. The number of nitrogens with one attached hydrogen (secondary N) is 2. The molecule has 2 atom stereocenters. The van der Waals surface area contributed by atoms with Crippen molar-refractivity contribution in [2.75, 3.05) is 31.1 Å². The Labute approximate surface area is 150 Å². The highest BCUT2D eigenvalue weighted by atomic mass is 16.5. The summed E-state index contributed by atoms with van der Waals surface area (Å²) in [7, 11) is 0. The molecule has 4 aliphatic rings. The average Bonchev–Trinajstić information content (AvgIpc) is 2.98. The smallest absolute Gasteiger partial charge is 0.255 e. The monoisotopic (exact) mass is 356 g/mol. The molecule has 2 unspecified atom stereocenters. The van der Waals surface area contributed by atoms with Crippen molar-refractivity contribution in [3.63, 3.8) is 0 Å². The predicted molar refractivity (Wildman–Crippen MR) is 92.0 cm³/mol. The number of piperazine rings is 1. The topological polar surface area (TPSA) is 91.0 Å². The van der Waals surface area contributed by atoms with E-state index in [-0.39, 0.29) is 24.1 Å². The molecule has 26 heavy (non-hydrogen) atoms. The van der Waals surface area contributed by atoms with Gasteiger partial charge in [-0.05, 0) is 18.6 Å². The van der Waals surface area contributed by atoms with Crippen LogP contribution in [0, 0.1) is 0 Å². The highest BCUT2D eigenvalue weighted by Crippen LogP contribution is 2.43. The fraction of sp³-hybridized carbons (Fsp3) is 0.500. The maximum Gasteiger partial charge on any atom is 0.255 e. The molecule has 0 aromatic heterocycles. The van der Waals surface area contributed by atoms with Crippen molar-refractivity contribution in [2.24, 2.45) is 0 Å². The Balaban J connectivity index is 1.48. The van der Waals surface area contributed by atoms with Gasteiger partial charge in [-0.15, -0.1) is 0 Å². The quantitative estimate of drug-likeness (QED) is 0.667. The Kier molecular flexibility index (Phi) is 3.43. The molecule has 0 bridgehead atoms. The van der Waals surface area contributed by atoms with E-state index in [0.29, 0.717) is 31.2 Å². The average molecular weight is 356 g/mol. The van der Waals surface area contributed by atoms with E-state index in [1.54, 1.807) is 4.90 Å². The van der Waals surface area contributed by atoms with Crippen LogP contribution in [0.15, 0.2) is 12.1 Å². The SMILES string of the molecule is O=C1CCC(N2Cc3c(ccc4c3OCC3CNCCN43)C2=O)C(=O)N1. The van der Waals surface area contributed by atoms with Crippen molar-refractivity contribution >= 4 is 23.4 Å². The Bertz CT molecular complexity index is 824. The first-order valence-corrected chi connectivity index (χ1v) is 9.04. The summed E-state index contributed by atoms with van der Waals surface area (Å²) in [4.78, 5) is 40.4. The first-order chi connectivity index (χ1) is 12.6. The van der Waals surface area contributed by atoms with Gasteiger partial charge >= 0.3 is 0 Å². The third kappa shape index (κ3) is 2.21. The van der Waals surface area contributed by atoms with Gasteiger partial charge in [-0.3, -0.25) is 19.7 Å². The van der Waals surface area contributed by atoms with Crippen LogP contribution in [0.2, 0.25) is 0 Å². The van der Waals surface area contributed by atoms with Gasteiger partial charge in [0.25, 0.3) is 5.91 Å². The van der Waals surface area contributed by atoms with Crippen molar-refractivity contribution in [2.45, 2.75) is 31.5 Å². The maximum absolute atomic E-state index is 12.9. The van der Waals surface area contributed by atoms with Crippen molar-refractivity contribution in [1.82, 2.24) is 15.5 Å². The number of amides is 3. The Morgan fingerprint density at radius 2 is 2.04 bits per heavy atom. The number of hydrogen-bond donors (Lipinski definition) is 2. The summed E-state index contributed by atoms with van der Waals surface area (Å²) in [6.07, 6.45) is 0.626. The number of hydrogen-bond acceptors (Lipinski definition) is 6. The molecule has 0 saturated carbocycles. The molecule has 1 aromatic carbocycles. The lowest BCUT2D eigenvalue weighted by atomic mass is 10.0. The van der Waals surface area contributed by atoms with Gasteiger partial charge in [0.15, 0.2) is 0 Å². The van der Waals surface area contributed by atoms with Gasteiger partial charge in [-0.1, -0.05) is 0 Å². The van der Waals surface area contributed by atoms with Crippen molar-refractivity contribution < 1.29 is 19.1 Å². The molecule has 0 spiro atoms. The van der Waals surface area contributed by atoms with E-state index in [9.17, 15) is 14.4 Å². The molecule has 8 heteroatoms. The van der Waals surface area contributed by atoms with E-state index in [1.807, 2.05) is 12.1 Å². The fourth-order valence-electron chi connectivity index (χ4n) is 4.39. The number of nitrogens with zero attached hydrogens (tertiary/aromatic N) is 2. The van der Waals surface area contributed by atoms with E-state index in [4.69, 9.17) is 4.74 Å². The van der Waals surface area contributed by atoms with Gasteiger partial charge in [0.05, 0.1) is 18.3 Å². The van der Waals surface area contributed by atoms with E-state index in [1.165, 1.54) is 0 Å². The zero-order chi connectivity index (χ0) is 17.8. The molecule has 5 rings (SSSR count). The van der Waals surface area contributed by atoms with Gasteiger partial charge in [0.1, 0.15) is 18.4 Å². The molecule has 0 radical (unpaired) electrons. The number of rotatable bonds is 1.